The average Bonchev–Trinajstić information content (AvgIpc) is 2.27. The molecule has 1 unspecified atom stereocenters. The standard InChI is InChI=1S/C13H21NO3/c1-8(2)5-11(15)9-6-12(16-3)13(17-4)7-10(9)14/h6-8,11,15H,5,14H2,1-4H3. The van der Waals surface area contributed by atoms with Crippen molar-refractivity contribution in [2.24, 2.45) is 5.92 Å². The first kappa shape index (κ1) is 13.6. The average molecular weight is 239 g/mol. The van der Waals surface area contributed by atoms with E-state index in [1.54, 1.807) is 26.4 Å². The zero-order chi connectivity index (χ0) is 13.0. The molecule has 0 spiro atoms. The van der Waals surface area contributed by atoms with Gasteiger partial charge in [-0.15, -0.1) is 0 Å². The van der Waals surface area contributed by atoms with Crippen molar-refractivity contribution in [3.05, 3.63) is 17.7 Å². The molecule has 0 saturated carbocycles. The Morgan fingerprint density at radius 2 is 1.71 bits per heavy atom. The lowest BCUT2D eigenvalue weighted by Crippen LogP contribution is -2.06. The van der Waals surface area contributed by atoms with E-state index in [-0.39, 0.29) is 0 Å². The highest BCUT2D eigenvalue weighted by atomic mass is 16.5. The van der Waals surface area contributed by atoms with Crippen LogP contribution >= 0.6 is 0 Å². The van der Waals surface area contributed by atoms with Gasteiger partial charge in [0.2, 0.25) is 0 Å². The van der Waals surface area contributed by atoms with Gasteiger partial charge in [0.15, 0.2) is 11.5 Å². The number of hydrogen-bond donors (Lipinski definition) is 2. The smallest absolute Gasteiger partial charge is 0.162 e. The highest BCUT2D eigenvalue weighted by Gasteiger charge is 2.16. The number of aliphatic hydroxyl groups is 1. The van der Waals surface area contributed by atoms with Gasteiger partial charge in [-0.05, 0) is 18.4 Å². The second-order valence-corrected chi connectivity index (χ2v) is 4.48. The second-order valence-electron chi connectivity index (χ2n) is 4.48. The predicted molar refractivity (Wildman–Crippen MR) is 68.4 cm³/mol. The van der Waals surface area contributed by atoms with E-state index in [9.17, 15) is 5.11 Å². The molecule has 96 valence electrons. The van der Waals surface area contributed by atoms with Crippen molar-refractivity contribution < 1.29 is 14.6 Å². The number of aliphatic hydroxyl groups excluding tert-OH is 1. The van der Waals surface area contributed by atoms with Gasteiger partial charge in [-0.25, -0.2) is 0 Å². The van der Waals surface area contributed by atoms with Gasteiger partial charge in [-0.3, -0.25) is 0 Å². The zero-order valence-electron chi connectivity index (χ0n) is 10.9. The first-order valence-electron chi connectivity index (χ1n) is 5.69. The summed E-state index contributed by atoms with van der Waals surface area (Å²) in [5.74, 6) is 1.56. The molecule has 1 rings (SSSR count). The van der Waals surface area contributed by atoms with E-state index < -0.39 is 6.10 Å². The molecule has 0 radical (unpaired) electrons. The number of methoxy groups -OCH3 is 2. The summed E-state index contributed by atoms with van der Waals surface area (Å²) >= 11 is 0. The first-order valence-corrected chi connectivity index (χ1v) is 5.69. The summed E-state index contributed by atoms with van der Waals surface area (Å²) in [7, 11) is 3.12. The van der Waals surface area contributed by atoms with E-state index in [0.29, 0.717) is 35.1 Å². The third-order valence-corrected chi connectivity index (χ3v) is 2.64. The molecule has 0 fully saturated rings. The lowest BCUT2D eigenvalue weighted by Gasteiger charge is -2.18. The van der Waals surface area contributed by atoms with Crippen LogP contribution in [0.5, 0.6) is 11.5 Å². The molecule has 1 aromatic rings. The minimum atomic E-state index is -0.574. The van der Waals surface area contributed by atoms with E-state index in [0.717, 1.165) is 0 Å². The monoisotopic (exact) mass is 239 g/mol. The molecule has 0 aromatic heterocycles. The zero-order valence-corrected chi connectivity index (χ0v) is 10.9. The van der Waals surface area contributed by atoms with Crippen molar-refractivity contribution in [2.75, 3.05) is 20.0 Å². The molecule has 0 aliphatic rings. The molecule has 3 N–H and O–H groups in total. The Morgan fingerprint density at radius 1 is 1.18 bits per heavy atom. The minimum Gasteiger partial charge on any atom is -0.493 e. The second kappa shape index (κ2) is 5.77. The van der Waals surface area contributed by atoms with Crippen LogP contribution in [0.2, 0.25) is 0 Å². The van der Waals surface area contributed by atoms with Gasteiger partial charge < -0.3 is 20.3 Å². The number of hydrogen-bond acceptors (Lipinski definition) is 4. The Bertz CT molecular complexity index is 377. The van der Waals surface area contributed by atoms with Crippen LogP contribution in [-0.4, -0.2) is 19.3 Å². The van der Waals surface area contributed by atoms with Crippen molar-refractivity contribution >= 4 is 5.69 Å². The summed E-state index contributed by atoms with van der Waals surface area (Å²) < 4.78 is 10.3. The van der Waals surface area contributed by atoms with Crippen LogP contribution < -0.4 is 15.2 Å². The van der Waals surface area contributed by atoms with Gasteiger partial charge >= 0.3 is 0 Å². The molecule has 0 heterocycles. The van der Waals surface area contributed by atoms with Gasteiger partial charge in [0.25, 0.3) is 0 Å². The Balaban J connectivity index is 3.07. The molecule has 1 atom stereocenters. The molecule has 0 saturated heterocycles. The molecule has 4 nitrogen and oxygen atoms in total. The number of benzene rings is 1. The van der Waals surface area contributed by atoms with Gasteiger partial charge in [0, 0.05) is 17.3 Å². The number of nitrogens with two attached hydrogens (primary N) is 1. The van der Waals surface area contributed by atoms with E-state index >= 15 is 0 Å². The summed E-state index contributed by atoms with van der Waals surface area (Å²) in [6, 6.07) is 3.42. The van der Waals surface area contributed by atoms with Crippen LogP contribution in [0, 0.1) is 5.92 Å². The molecule has 17 heavy (non-hydrogen) atoms. The fourth-order valence-electron chi connectivity index (χ4n) is 1.77. The Labute approximate surface area is 102 Å². The maximum atomic E-state index is 10.1. The largest absolute Gasteiger partial charge is 0.493 e. The van der Waals surface area contributed by atoms with Crippen LogP contribution in [0.3, 0.4) is 0 Å². The highest BCUT2D eigenvalue weighted by molar-refractivity contribution is 5.58. The number of ether oxygens (including phenoxy) is 2. The van der Waals surface area contributed by atoms with E-state index in [1.807, 2.05) is 0 Å². The Hall–Kier alpha value is -1.42. The van der Waals surface area contributed by atoms with Crippen LogP contribution in [0.4, 0.5) is 5.69 Å². The van der Waals surface area contributed by atoms with Crippen LogP contribution in [0.1, 0.15) is 31.9 Å². The molecule has 0 aliphatic carbocycles. The third kappa shape index (κ3) is 3.27. The molecule has 1 aromatic carbocycles. The maximum Gasteiger partial charge on any atom is 0.162 e. The number of nitrogen functional groups attached to an aromatic ring is 1. The molecular weight excluding hydrogens is 218 g/mol. The number of rotatable bonds is 5. The first-order chi connectivity index (χ1) is 7.99. The van der Waals surface area contributed by atoms with E-state index in [4.69, 9.17) is 15.2 Å². The van der Waals surface area contributed by atoms with E-state index in [1.165, 1.54) is 0 Å². The van der Waals surface area contributed by atoms with Crippen molar-refractivity contribution in [3.63, 3.8) is 0 Å². The fraction of sp³-hybridized carbons (Fsp3) is 0.538. The van der Waals surface area contributed by atoms with Crippen molar-refractivity contribution in [2.45, 2.75) is 26.4 Å². The molecular formula is C13H21NO3. The molecule has 0 aliphatic heterocycles. The summed E-state index contributed by atoms with van der Waals surface area (Å²) in [6.07, 6.45) is 0.0921. The molecule has 0 bridgehead atoms. The maximum absolute atomic E-state index is 10.1. The Kier molecular flexibility index (Phi) is 4.63. The lowest BCUT2D eigenvalue weighted by atomic mass is 9.98. The van der Waals surface area contributed by atoms with E-state index in [2.05, 4.69) is 13.8 Å². The lowest BCUT2D eigenvalue weighted by molar-refractivity contribution is 0.151. The Morgan fingerprint density at radius 3 is 2.18 bits per heavy atom. The third-order valence-electron chi connectivity index (χ3n) is 2.64. The molecule has 4 heteroatoms. The predicted octanol–water partition coefficient (Wildman–Crippen LogP) is 2.37. The quantitative estimate of drug-likeness (QED) is 0.774. The normalized spacial score (nSPS) is 12.6. The summed E-state index contributed by atoms with van der Waals surface area (Å²) in [5, 5.41) is 10.1. The number of anilines is 1. The highest BCUT2D eigenvalue weighted by Crippen LogP contribution is 2.36. The van der Waals surface area contributed by atoms with Crippen LogP contribution in [-0.2, 0) is 0 Å². The summed E-state index contributed by atoms with van der Waals surface area (Å²) in [5.41, 5.74) is 7.12. The molecule has 0 amide bonds. The van der Waals surface area contributed by atoms with Crippen molar-refractivity contribution in [3.8, 4) is 11.5 Å². The van der Waals surface area contributed by atoms with Crippen molar-refractivity contribution in [1.29, 1.82) is 0 Å². The SMILES string of the molecule is COc1cc(N)c(C(O)CC(C)C)cc1OC. The van der Waals surface area contributed by atoms with Gasteiger partial charge in [-0.1, -0.05) is 13.8 Å². The summed E-state index contributed by atoms with van der Waals surface area (Å²) in [6.45, 7) is 4.11. The van der Waals surface area contributed by atoms with Gasteiger partial charge in [0.1, 0.15) is 0 Å². The minimum absolute atomic E-state index is 0.400. The van der Waals surface area contributed by atoms with Crippen LogP contribution in [0.25, 0.3) is 0 Å². The fourth-order valence-corrected chi connectivity index (χ4v) is 1.77. The topological polar surface area (TPSA) is 64.7 Å². The van der Waals surface area contributed by atoms with Crippen LogP contribution in [0.15, 0.2) is 12.1 Å². The van der Waals surface area contributed by atoms with Gasteiger partial charge in [0.05, 0.1) is 20.3 Å². The van der Waals surface area contributed by atoms with Crippen molar-refractivity contribution in [1.82, 2.24) is 0 Å². The van der Waals surface area contributed by atoms with Gasteiger partial charge in [-0.2, -0.15) is 0 Å². The summed E-state index contributed by atoms with van der Waals surface area (Å²) in [4.78, 5) is 0.